The summed E-state index contributed by atoms with van der Waals surface area (Å²) >= 11 is 0. The van der Waals surface area contributed by atoms with Crippen molar-refractivity contribution in [1.29, 1.82) is 0 Å². The summed E-state index contributed by atoms with van der Waals surface area (Å²) in [5.41, 5.74) is 3.86. The molecule has 0 atom stereocenters. The van der Waals surface area contributed by atoms with Gasteiger partial charge in [0.15, 0.2) is 0 Å². The van der Waals surface area contributed by atoms with Crippen LogP contribution in [0.25, 0.3) is 11.1 Å². The van der Waals surface area contributed by atoms with Gasteiger partial charge in [-0.1, -0.05) is 60.7 Å². The molecule has 2 nitrogen and oxygen atoms in total. The molecule has 1 heterocycles. The van der Waals surface area contributed by atoms with Crippen molar-refractivity contribution in [3.05, 3.63) is 84.2 Å². The van der Waals surface area contributed by atoms with Crippen LogP contribution in [0.2, 0.25) is 0 Å². The third-order valence-corrected chi connectivity index (χ3v) is 3.58. The van der Waals surface area contributed by atoms with Gasteiger partial charge in [-0.05, 0) is 30.0 Å². The van der Waals surface area contributed by atoms with Crippen LogP contribution in [0.4, 0.5) is 0 Å². The lowest BCUT2D eigenvalue weighted by molar-refractivity contribution is 0.466. The molecular weight excluding hydrogens is 258 g/mol. The molecule has 0 aliphatic rings. The Morgan fingerprint density at radius 3 is 2.14 bits per heavy atom. The zero-order valence-corrected chi connectivity index (χ0v) is 11.7. The maximum atomic E-state index is 10.5. The van der Waals surface area contributed by atoms with E-state index in [-0.39, 0.29) is 0 Å². The first kappa shape index (κ1) is 13.4. The Labute approximate surface area is 124 Å². The van der Waals surface area contributed by atoms with Gasteiger partial charge in [0.05, 0.1) is 5.69 Å². The molecule has 0 saturated carbocycles. The van der Waals surface area contributed by atoms with E-state index in [1.165, 1.54) is 5.56 Å². The Hall–Kier alpha value is -2.61. The molecule has 0 amide bonds. The van der Waals surface area contributed by atoms with E-state index in [1.54, 1.807) is 6.20 Å². The van der Waals surface area contributed by atoms with Crippen molar-refractivity contribution in [3.63, 3.8) is 0 Å². The van der Waals surface area contributed by atoms with Crippen LogP contribution in [0.5, 0.6) is 5.75 Å². The predicted molar refractivity (Wildman–Crippen MR) is 85.2 cm³/mol. The predicted octanol–water partition coefficient (Wildman–Crippen LogP) is 4.24. The molecular formula is C19H17NO. The van der Waals surface area contributed by atoms with Gasteiger partial charge in [0.1, 0.15) is 5.75 Å². The highest BCUT2D eigenvalue weighted by Crippen LogP contribution is 2.31. The normalized spacial score (nSPS) is 10.5. The average molecular weight is 275 g/mol. The largest absolute Gasteiger partial charge is 0.505 e. The number of aromatic hydroxyl groups is 1. The van der Waals surface area contributed by atoms with Crippen molar-refractivity contribution >= 4 is 0 Å². The second-order valence-corrected chi connectivity index (χ2v) is 5.01. The maximum Gasteiger partial charge on any atom is 0.144 e. The SMILES string of the molecule is Oc1c(-c2ccccc2)ccnc1CCc1ccccc1. The number of aromatic nitrogens is 1. The number of pyridine rings is 1. The molecule has 2 heteroatoms. The average Bonchev–Trinajstić information content (AvgIpc) is 2.56. The number of aryl methyl sites for hydroxylation is 2. The number of hydrogen-bond acceptors (Lipinski definition) is 2. The molecule has 0 spiro atoms. The highest BCUT2D eigenvalue weighted by molar-refractivity contribution is 5.70. The quantitative estimate of drug-likeness (QED) is 0.772. The van der Waals surface area contributed by atoms with Crippen molar-refractivity contribution in [1.82, 2.24) is 4.98 Å². The molecule has 0 bridgehead atoms. The Balaban J connectivity index is 1.84. The summed E-state index contributed by atoms with van der Waals surface area (Å²) < 4.78 is 0. The van der Waals surface area contributed by atoms with Gasteiger partial charge in [-0.2, -0.15) is 0 Å². The van der Waals surface area contributed by atoms with Gasteiger partial charge in [0.2, 0.25) is 0 Å². The zero-order valence-electron chi connectivity index (χ0n) is 11.7. The lowest BCUT2D eigenvalue weighted by Crippen LogP contribution is -1.96. The molecule has 1 N–H and O–H groups in total. The molecule has 0 saturated heterocycles. The van der Waals surface area contributed by atoms with Crippen LogP contribution < -0.4 is 0 Å². The van der Waals surface area contributed by atoms with E-state index in [0.29, 0.717) is 5.75 Å². The Morgan fingerprint density at radius 1 is 0.762 bits per heavy atom. The smallest absolute Gasteiger partial charge is 0.144 e. The molecule has 0 aliphatic carbocycles. The van der Waals surface area contributed by atoms with E-state index in [0.717, 1.165) is 29.7 Å². The van der Waals surface area contributed by atoms with Crippen molar-refractivity contribution in [2.75, 3.05) is 0 Å². The van der Waals surface area contributed by atoms with E-state index < -0.39 is 0 Å². The highest BCUT2D eigenvalue weighted by Gasteiger charge is 2.10. The van der Waals surface area contributed by atoms with Gasteiger partial charge in [-0.3, -0.25) is 4.98 Å². The fourth-order valence-electron chi connectivity index (χ4n) is 2.44. The zero-order chi connectivity index (χ0) is 14.5. The van der Waals surface area contributed by atoms with Crippen molar-refractivity contribution in [2.24, 2.45) is 0 Å². The summed E-state index contributed by atoms with van der Waals surface area (Å²) in [7, 11) is 0. The Bertz CT molecular complexity index is 708. The first-order chi connectivity index (χ1) is 10.3. The van der Waals surface area contributed by atoms with Crippen molar-refractivity contribution in [3.8, 4) is 16.9 Å². The molecule has 1 aromatic heterocycles. The number of benzene rings is 2. The summed E-state index contributed by atoms with van der Waals surface area (Å²) in [5, 5.41) is 10.5. The molecule has 21 heavy (non-hydrogen) atoms. The van der Waals surface area contributed by atoms with Crippen LogP contribution in [0.15, 0.2) is 72.9 Å². The van der Waals surface area contributed by atoms with E-state index in [4.69, 9.17) is 0 Å². The maximum absolute atomic E-state index is 10.5. The van der Waals surface area contributed by atoms with Gasteiger partial charge in [0, 0.05) is 11.8 Å². The number of hydrogen-bond donors (Lipinski definition) is 1. The van der Waals surface area contributed by atoms with Crippen LogP contribution in [0.3, 0.4) is 0 Å². The second-order valence-electron chi connectivity index (χ2n) is 5.01. The minimum absolute atomic E-state index is 0.291. The third kappa shape index (κ3) is 3.11. The van der Waals surface area contributed by atoms with Gasteiger partial charge >= 0.3 is 0 Å². The van der Waals surface area contributed by atoms with Crippen molar-refractivity contribution < 1.29 is 5.11 Å². The summed E-state index contributed by atoms with van der Waals surface area (Å²) in [5.74, 6) is 0.291. The van der Waals surface area contributed by atoms with E-state index >= 15 is 0 Å². The Kier molecular flexibility index (Phi) is 3.97. The second kappa shape index (κ2) is 6.23. The van der Waals surface area contributed by atoms with E-state index in [9.17, 15) is 5.11 Å². The first-order valence-corrected chi connectivity index (χ1v) is 7.11. The minimum atomic E-state index is 0.291. The molecule has 0 unspecified atom stereocenters. The van der Waals surface area contributed by atoms with Crippen LogP contribution in [-0.4, -0.2) is 10.1 Å². The van der Waals surface area contributed by atoms with Crippen LogP contribution in [0, 0.1) is 0 Å². The number of rotatable bonds is 4. The van der Waals surface area contributed by atoms with Crippen molar-refractivity contribution in [2.45, 2.75) is 12.8 Å². The summed E-state index contributed by atoms with van der Waals surface area (Å²) in [6, 6.07) is 22.0. The van der Waals surface area contributed by atoms with Crippen LogP contribution in [-0.2, 0) is 12.8 Å². The molecule has 3 aromatic rings. The van der Waals surface area contributed by atoms with Gasteiger partial charge in [-0.15, -0.1) is 0 Å². The monoisotopic (exact) mass is 275 g/mol. The first-order valence-electron chi connectivity index (χ1n) is 7.11. The standard InChI is InChI=1S/C19H17NO/c21-19-17(16-9-5-2-6-10-16)13-14-20-18(19)12-11-15-7-3-1-4-8-15/h1-10,13-14,21H,11-12H2. The summed E-state index contributed by atoms with van der Waals surface area (Å²) in [6.07, 6.45) is 3.37. The van der Waals surface area contributed by atoms with Crippen LogP contribution >= 0.6 is 0 Å². The molecule has 2 aromatic carbocycles. The van der Waals surface area contributed by atoms with Gasteiger partial charge in [0.25, 0.3) is 0 Å². The topological polar surface area (TPSA) is 33.1 Å². The Morgan fingerprint density at radius 2 is 1.43 bits per heavy atom. The number of nitrogens with zero attached hydrogens (tertiary/aromatic N) is 1. The third-order valence-electron chi connectivity index (χ3n) is 3.58. The molecule has 0 fully saturated rings. The van der Waals surface area contributed by atoms with E-state index in [2.05, 4.69) is 17.1 Å². The van der Waals surface area contributed by atoms with Gasteiger partial charge in [-0.25, -0.2) is 0 Å². The fraction of sp³-hybridized carbons (Fsp3) is 0.105. The molecule has 0 radical (unpaired) electrons. The molecule has 3 rings (SSSR count). The summed E-state index contributed by atoms with van der Waals surface area (Å²) in [4.78, 5) is 4.33. The molecule has 104 valence electrons. The minimum Gasteiger partial charge on any atom is -0.505 e. The lowest BCUT2D eigenvalue weighted by atomic mass is 10.0. The van der Waals surface area contributed by atoms with E-state index in [1.807, 2.05) is 54.6 Å². The van der Waals surface area contributed by atoms with Crippen LogP contribution in [0.1, 0.15) is 11.3 Å². The molecule has 0 aliphatic heterocycles. The van der Waals surface area contributed by atoms with Gasteiger partial charge < -0.3 is 5.11 Å². The fourth-order valence-corrected chi connectivity index (χ4v) is 2.44. The summed E-state index contributed by atoms with van der Waals surface area (Å²) in [6.45, 7) is 0. The highest BCUT2D eigenvalue weighted by atomic mass is 16.3. The lowest BCUT2D eigenvalue weighted by Gasteiger charge is -2.09.